The summed E-state index contributed by atoms with van der Waals surface area (Å²) < 4.78 is 5.76. The molecule has 0 saturated carbocycles. The van der Waals surface area contributed by atoms with Gasteiger partial charge in [0.2, 0.25) is 0 Å². The van der Waals surface area contributed by atoms with E-state index in [1.807, 2.05) is 31.2 Å². The third-order valence-corrected chi connectivity index (χ3v) is 4.59. The number of benzene rings is 2. The van der Waals surface area contributed by atoms with Gasteiger partial charge in [-0.2, -0.15) is 0 Å². The van der Waals surface area contributed by atoms with Crippen molar-refractivity contribution >= 4 is 34.7 Å². The Labute approximate surface area is 168 Å². The number of hydrogen-bond donors (Lipinski definition) is 3. The van der Waals surface area contributed by atoms with Crippen LogP contribution in [0.3, 0.4) is 0 Å². The summed E-state index contributed by atoms with van der Waals surface area (Å²) in [4.78, 5) is 16.1. The van der Waals surface area contributed by atoms with Crippen LogP contribution < -0.4 is 21.1 Å². The van der Waals surface area contributed by atoms with Gasteiger partial charge in [-0.05, 0) is 48.9 Å². The van der Waals surface area contributed by atoms with E-state index in [0.717, 1.165) is 16.8 Å². The molecule has 0 saturated heterocycles. The standard InChI is InChI=1S/C21H21ClN4O2/c1-13-4-3-5-18(23)20(13)26-19-9-7-16(11-25-19)28-12-15-10-14(21(27)24-2)6-8-17(15)22/h3-11H,12,23H2,1-2H3,(H,24,27)(H,25,26). The lowest BCUT2D eigenvalue weighted by molar-refractivity contribution is 0.0963. The van der Waals surface area contributed by atoms with Gasteiger partial charge in [0.05, 0.1) is 17.6 Å². The minimum Gasteiger partial charge on any atom is -0.487 e. The first kappa shape index (κ1) is 19.5. The molecule has 0 aliphatic rings. The molecule has 0 fully saturated rings. The number of anilines is 3. The van der Waals surface area contributed by atoms with Crippen LogP contribution >= 0.6 is 11.6 Å². The Balaban J connectivity index is 1.67. The van der Waals surface area contributed by atoms with Crippen LogP contribution in [0, 0.1) is 6.92 Å². The number of halogens is 1. The largest absolute Gasteiger partial charge is 0.487 e. The smallest absolute Gasteiger partial charge is 0.251 e. The van der Waals surface area contributed by atoms with Gasteiger partial charge >= 0.3 is 0 Å². The molecule has 1 amide bonds. The Bertz CT molecular complexity index is 970. The molecular formula is C21H21ClN4O2. The van der Waals surface area contributed by atoms with E-state index in [-0.39, 0.29) is 12.5 Å². The van der Waals surface area contributed by atoms with E-state index in [1.54, 1.807) is 37.5 Å². The lowest BCUT2D eigenvalue weighted by Crippen LogP contribution is -2.18. The number of nitrogen functional groups attached to an aromatic ring is 1. The summed E-state index contributed by atoms with van der Waals surface area (Å²) in [5.41, 5.74) is 9.79. The summed E-state index contributed by atoms with van der Waals surface area (Å²) >= 11 is 6.21. The van der Waals surface area contributed by atoms with Crippen LogP contribution in [-0.2, 0) is 6.61 Å². The number of ether oxygens (including phenoxy) is 1. The molecule has 0 atom stereocenters. The van der Waals surface area contributed by atoms with Gasteiger partial charge in [0.15, 0.2) is 0 Å². The highest BCUT2D eigenvalue weighted by Gasteiger charge is 2.09. The first-order valence-corrected chi connectivity index (χ1v) is 9.07. The number of nitrogens with one attached hydrogen (secondary N) is 2. The van der Waals surface area contributed by atoms with Crippen LogP contribution in [0.5, 0.6) is 5.75 Å². The third kappa shape index (κ3) is 4.53. The zero-order valence-electron chi connectivity index (χ0n) is 15.6. The fraction of sp³-hybridized carbons (Fsp3) is 0.143. The molecule has 0 unspecified atom stereocenters. The van der Waals surface area contributed by atoms with Crippen LogP contribution in [0.2, 0.25) is 5.02 Å². The van der Waals surface area contributed by atoms with Gasteiger partial charge < -0.3 is 21.1 Å². The molecule has 1 aromatic heterocycles. The van der Waals surface area contributed by atoms with E-state index in [1.165, 1.54) is 0 Å². The van der Waals surface area contributed by atoms with Crippen LogP contribution in [0.1, 0.15) is 21.5 Å². The van der Waals surface area contributed by atoms with Gasteiger partial charge in [0, 0.05) is 23.2 Å². The lowest BCUT2D eigenvalue weighted by atomic mass is 10.1. The Morgan fingerprint density at radius 1 is 1.21 bits per heavy atom. The topological polar surface area (TPSA) is 89.3 Å². The second-order valence-corrected chi connectivity index (χ2v) is 6.62. The van der Waals surface area contributed by atoms with Crippen LogP contribution in [0.25, 0.3) is 0 Å². The Morgan fingerprint density at radius 3 is 2.71 bits per heavy atom. The average Bonchev–Trinajstić information content (AvgIpc) is 2.70. The summed E-state index contributed by atoms with van der Waals surface area (Å²) in [7, 11) is 1.58. The summed E-state index contributed by atoms with van der Waals surface area (Å²) in [6.07, 6.45) is 1.62. The van der Waals surface area contributed by atoms with E-state index in [0.29, 0.717) is 27.8 Å². The third-order valence-electron chi connectivity index (χ3n) is 4.22. The zero-order chi connectivity index (χ0) is 20.1. The highest BCUT2D eigenvalue weighted by Crippen LogP contribution is 2.27. The molecule has 0 radical (unpaired) electrons. The number of carbonyl (C=O) groups is 1. The number of amides is 1. The molecule has 7 heteroatoms. The summed E-state index contributed by atoms with van der Waals surface area (Å²) in [6.45, 7) is 2.20. The number of nitrogens with zero attached hydrogens (tertiary/aromatic N) is 1. The molecule has 0 spiro atoms. The molecule has 3 rings (SSSR count). The molecule has 144 valence electrons. The number of nitrogens with two attached hydrogens (primary N) is 1. The molecule has 2 aromatic carbocycles. The zero-order valence-corrected chi connectivity index (χ0v) is 16.4. The fourth-order valence-electron chi connectivity index (χ4n) is 2.66. The van der Waals surface area contributed by atoms with Gasteiger partial charge in [-0.25, -0.2) is 4.98 Å². The summed E-state index contributed by atoms with van der Waals surface area (Å²) in [5, 5.41) is 6.34. The van der Waals surface area contributed by atoms with Crippen LogP contribution in [-0.4, -0.2) is 17.9 Å². The maximum atomic E-state index is 11.8. The van der Waals surface area contributed by atoms with Gasteiger partial charge in [-0.15, -0.1) is 0 Å². The predicted octanol–water partition coefficient (Wildman–Crippen LogP) is 4.31. The summed E-state index contributed by atoms with van der Waals surface area (Å²) in [5.74, 6) is 1.07. The molecule has 3 aromatic rings. The Hall–Kier alpha value is -3.25. The quantitative estimate of drug-likeness (QED) is 0.540. The number of carbonyl (C=O) groups excluding carboxylic acids is 1. The van der Waals surface area contributed by atoms with Crippen molar-refractivity contribution in [3.8, 4) is 5.75 Å². The van der Waals surface area contributed by atoms with Crippen molar-refractivity contribution < 1.29 is 9.53 Å². The van der Waals surface area contributed by atoms with E-state index in [9.17, 15) is 4.79 Å². The first-order valence-electron chi connectivity index (χ1n) is 8.69. The number of aromatic nitrogens is 1. The predicted molar refractivity (Wildman–Crippen MR) is 112 cm³/mol. The molecule has 0 bridgehead atoms. The van der Waals surface area contributed by atoms with Gasteiger partial charge in [0.25, 0.3) is 5.91 Å². The molecule has 6 nitrogen and oxygen atoms in total. The second kappa shape index (κ2) is 8.63. The summed E-state index contributed by atoms with van der Waals surface area (Å²) in [6, 6.07) is 14.4. The highest BCUT2D eigenvalue weighted by atomic mass is 35.5. The SMILES string of the molecule is CNC(=O)c1ccc(Cl)c(COc2ccc(Nc3c(C)cccc3N)nc2)c1. The number of rotatable bonds is 6. The maximum Gasteiger partial charge on any atom is 0.251 e. The molecule has 4 N–H and O–H groups in total. The normalized spacial score (nSPS) is 10.4. The van der Waals surface area contributed by atoms with E-state index >= 15 is 0 Å². The van der Waals surface area contributed by atoms with Crippen molar-refractivity contribution in [2.45, 2.75) is 13.5 Å². The van der Waals surface area contributed by atoms with Crippen LogP contribution in [0.4, 0.5) is 17.2 Å². The minimum absolute atomic E-state index is 0.175. The van der Waals surface area contributed by atoms with E-state index in [2.05, 4.69) is 15.6 Å². The number of hydrogen-bond acceptors (Lipinski definition) is 5. The maximum absolute atomic E-state index is 11.8. The highest BCUT2D eigenvalue weighted by molar-refractivity contribution is 6.31. The first-order chi connectivity index (χ1) is 13.5. The van der Waals surface area contributed by atoms with Crippen molar-refractivity contribution in [2.24, 2.45) is 0 Å². The molecule has 28 heavy (non-hydrogen) atoms. The van der Waals surface area contributed by atoms with Crippen molar-refractivity contribution in [1.82, 2.24) is 10.3 Å². The number of aryl methyl sites for hydroxylation is 1. The van der Waals surface area contributed by atoms with E-state index in [4.69, 9.17) is 22.1 Å². The molecule has 0 aliphatic carbocycles. The fourth-order valence-corrected chi connectivity index (χ4v) is 2.83. The Kier molecular flexibility index (Phi) is 6.01. The number of pyridine rings is 1. The lowest BCUT2D eigenvalue weighted by Gasteiger charge is -2.12. The van der Waals surface area contributed by atoms with Crippen molar-refractivity contribution in [1.29, 1.82) is 0 Å². The molecule has 1 heterocycles. The number of para-hydroxylation sites is 1. The van der Waals surface area contributed by atoms with Gasteiger partial charge in [0.1, 0.15) is 18.2 Å². The Morgan fingerprint density at radius 2 is 2.04 bits per heavy atom. The van der Waals surface area contributed by atoms with Crippen molar-refractivity contribution in [3.05, 3.63) is 76.4 Å². The average molecular weight is 397 g/mol. The van der Waals surface area contributed by atoms with Crippen molar-refractivity contribution in [3.63, 3.8) is 0 Å². The van der Waals surface area contributed by atoms with Gasteiger partial charge in [-0.3, -0.25) is 4.79 Å². The van der Waals surface area contributed by atoms with E-state index < -0.39 is 0 Å². The molecular weight excluding hydrogens is 376 g/mol. The molecule has 0 aliphatic heterocycles. The van der Waals surface area contributed by atoms with Gasteiger partial charge in [-0.1, -0.05) is 23.7 Å². The monoisotopic (exact) mass is 396 g/mol. The van der Waals surface area contributed by atoms with Crippen LogP contribution in [0.15, 0.2) is 54.7 Å². The minimum atomic E-state index is -0.175. The second-order valence-electron chi connectivity index (χ2n) is 6.22. The van der Waals surface area contributed by atoms with Crippen molar-refractivity contribution in [2.75, 3.05) is 18.1 Å².